The summed E-state index contributed by atoms with van der Waals surface area (Å²) < 4.78 is 3.98. The number of imidazole rings is 1. The lowest BCUT2D eigenvalue weighted by atomic mass is 10.3. The van der Waals surface area contributed by atoms with Crippen LogP contribution in [-0.2, 0) is 6.54 Å². The van der Waals surface area contributed by atoms with E-state index in [0.717, 1.165) is 28.7 Å². The maximum absolute atomic E-state index is 4.68. The summed E-state index contributed by atoms with van der Waals surface area (Å²) in [5, 5.41) is 9.97. The van der Waals surface area contributed by atoms with Gasteiger partial charge in [-0.25, -0.2) is 4.68 Å². The maximum Gasteiger partial charge on any atom is 0.196 e. The van der Waals surface area contributed by atoms with Gasteiger partial charge >= 0.3 is 0 Å². The third-order valence-corrected chi connectivity index (χ3v) is 3.71. The van der Waals surface area contributed by atoms with Crippen LogP contribution in [0.15, 0.2) is 23.8 Å². The summed E-state index contributed by atoms with van der Waals surface area (Å²) in [6, 6.07) is 2.43. The molecule has 0 spiro atoms. The van der Waals surface area contributed by atoms with Gasteiger partial charge in [-0.1, -0.05) is 13.8 Å². The SMILES string of the molecule is Cc1ccn(-c2nc3sccn3c2CNC(C)C)n1. The van der Waals surface area contributed by atoms with Crippen molar-refractivity contribution >= 4 is 16.3 Å². The molecule has 0 aromatic carbocycles. The van der Waals surface area contributed by atoms with Crippen molar-refractivity contribution in [1.82, 2.24) is 24.5 Å². The number of hydrogen-bond acceptors (Lipinski definition) is 4. The van der Waals surface area contributed by atoms with Gasteiger partial charge < -0.3 is 5.32 Å². The smallest absolute Gasteiger partial charge is 0.196 e. The maximum atomic E-state index is 4.68. The zero-order chi connectivity index (χ0) is 13.4. The van der Waals surface area contributed by atoms with Crippen LogP contribution in [0, 0.1) is 6.92 Å². The van der Waals surface area contributed by atoms with E-state index in [1.54, 1.807) is 11.3 Å². The fourth-order valence-corrected chi connectivity index (χ4v) is 2.73. The van der Waals surface area contributed by atoms with Gasteiger partial charge in [-0.2, -0.15) is 10.1 Å². The van der Waals surface area contributed by atoms with E-state index in [1.807, 2.05) is 23.9 Å². The Labute approximate surface area is 115 Å². The quantitative estimate of drug-likeness (QED) is 0.795. The van der Waals surface area contributed by atoms with Crippen LogP contribution >= 0.6 is 11.3 Å². The van der Waals surface area contributed by atoms with Crippen LogP contribution in [0.3, 0.4) is 0 Å². The van der Waals surface area contributed by atoms with Gasteiger partial charge in [0.1, 0.15) is 0 Å². The number of aryl methyl sites for hydroxylation is 1. The summed E-state index contributed by atoms with van der Waals surface area (Å²) in [5.41, 5.74) is 2.15. The second kappa shape index (κ2) is 4.79. The molecular weight excluding hydrogens is 258 g/mol. The van der Waals surface area contributed by atoms with E-state index >= 15 is 0 Å². The number of nitrogens with one attached hydrogen (secondary N) is 1. The Kier molecular flexibility index (Phi) is 3.12. The van der Waals surface area contributed by atoms with Crippen molar-refractivity contribution in [3.63, 3.8) is 0 Å². The Balaban J connectivity index is 2.07. The molecule has 0 atom stereocenters. The number of thiazole rings is 1. The molecule has 0 saturated carbocycles. The van der Waals surface area contributed by atoms with Gasteiger partial charge in [0.2, 0.25) is 0 Å². The Morgan fingerprint density at radius 3 is 2.89 bits per heavy atom. The van der Waals surface area contributed by atoms with Gasteiger partial charge in [-0.3, -0.25) is 4.40 Å². The first-order chi connectivity index (χ1) is 9.15. The summed E-state index contributed by atoms with van der Waals surface area (Å²) in [6.07, 6.45) is 4.02. The Hall–Kier alpha value is -1.66. The Morgan fingerprint density at radius 2 is 2.21 bits per heavy atom. The van der Waals surface area contributed by atoms with Crippen molar-refractivity contribution in [3.05, 3.63) is 35.2 Å². The van der Waals surface area contributed by atoms with E-state index in [9.17, 15) is 0 Å². The minimum absolute atomic E-state index is 0.441. The molecule has 5 nitrogen and oxygen atoms in total. The molecule has 3 aromatic heterocycles. The number of rotatable bonds is 4. The molecule has 0 aliphatic rings. The van der Waals surface area contributed by atoms with E-state index < -0.39 is 0 Å². The number of nitrogens with zero attached hydrogens (tertiary/aromatic N) is 4. The molecule has 19 heavy (non-hydrogen) atoms. The second-order valence-electron chi connectivity index (χ2n) is 4.87. The molecule has 3 heterocycles. The van der Waals surface area contributed by atoms with Gasteiger partial charge in [0.05, 0.1) is 11.4 Å². The lowest BCUT2D eigenvalue weighted by molar-refractivity contribution is 0.576. The number of fused-ring (bicyclic) bond motifs is 1. The highest BCUT2D eigenvalue weighted by atomic mass is 32.1. The second-order valence-corrected chi connectivity index (χ2v) is 5.75. The van der Waals surface area contributed by atoms with Crippen molar-refractivity contribution in [2.75, 3.05) is 0 Å². The number of hydrogen-bond donors (Lipinski definition) is 1. The van der Waals surface area contributed by atoms with Gasteiger partial charge in [-0.15, -0.1) is 11.3 Å². The molecule has 0 radical (unpaired) electrons. The molecule has 3 rings (SSSR count). The molecule has 3 aromatic rings. The molecule has 0 aliphatic carbocycles. The van der Waals surface area contributed by atoms with Crippen LogP contribution in [0.5, 0.6) is 0 Å². The first kappa shape index (κ1) is 12.4. The average molecular weight is 275 g/mol. The van der Waals surface area contributed by atoms with Crippen molar-refractivity contribution in [2.24, 2.45) is 0 Å². The van der Waals surface area contributed by atoms with Crippen LogP contribution in [0.4, 0.5) is 0 Å². The average Bonchev–Trinajstić information content (AvgIpc) is 3.00. The molecule has 0 saturated heterocycles. The van der Waals surface area contributed by atoms with Crippen LogP contribution in [-0.4, -0.2) is 25.2 Å². The van der Waals surface area contributed by atoms with Crippen molar-refractivity contribution in [1.29, 1.82) is 0 Å². The molecule has 0 unspecified atom stereocenters. The summed E-state index contributed by atoms with van der Waals surface area (Å²) in [7, 11) is 0. The van der Waals surface area contributed by atoms with E-state index in [2.05, 4.69) is 45.2 Å². The minimum Gasteiger partial charge on any atom is -0.309 e. The van der Waals surface area contributed by atoms with Crippen LogP contribution in [0.25, 0.3) is 10.8 Å². The monoisotopic (exact) mass is 275 g/mol. The third-order valence-electron chi connectivity index (χ3n) is 2.96. The minimum atomic E-state index is 0.441. The Bertz CT molecular complexity index is 691. The first-order valence-electron chi connectivity index (χ1n) is 6.35. The molecular formula is C13H17N5S. The highest BCUT2D eigenvalue weighted by molar-refractivity contribution is 7.15. The van der Waals surface area contributed by atoms with Crippen LogP contribution in [0.2, 0.25) is 0 Å². The van der Waals surface area contributed by atoms with Crippen molar-refractivity contribution in [2.45, 2.75) is 33.4 Å². The summed E-state index contributed by atoms with van der Waals surface area (Å²) in [6.45, 7) is 7.05. The van der Waals surface area contributed by atoms with Crippen LogP contribution < -0.4 is 5.32 Å². The van der Waals surface area contributed by atoms with E-state index in [-0.39, 0.29) is 0 Å². The fraction of sp³-hybridized carbons (Fsp3) is 0.385. The zero-order valence-corrected chi connectivity index (χ0v) is 12.1. The van der Waals surface area contributed by atoms with Crippen molar-refractivity contribution in [3.8, 4) is 5.82 Å². The molecule has 1 N–H and O–H groups in total. The normalized spacial score (nSPS) is 11.8. The fourth-order valence-electron chi connectivity index (χ4n) is 2.00. The Morgan fingerprint density at radius 1 is 1.37 bits per heavy atom. The van der Waals surface area contributed by atoms with Gasteiger partial charge in [0.25, 0.3) is 0 Å². The first-order valence-corrected chi connectivity index (χ1v) is 7.23. The summed E-state index contributed by atoms with van der Waals surface area (Å²) in [5.74, 6) is 0.910. The van der Waals surface area contributed by atoms with E-state index in [0.29, 0.717) is 6.04 Å². The molecule has 0 aliphatic heterocycles. The predicted molar refractivity (Wildman–Crippen MR) is 76.9 cm³/mol. The molecule has 0 amide bonds. The zero-order valence-electron chi connectivity index (χ0n) is 11.3. The third kappa shape index (κ3) is 2.29. The highest BCUT2D eigenvalue weighted by Gasteiger charge is 2.15. The molecule has 0 bridgehead atoms. The number of aromatic nitrogens is 4. The van der Waals surface area contributed by atoms with E-state index in [1.165, 1.54) is 0 Å². The lowest BCUT2D eigenvalue weighted by Crippen LogP contribution is -2.23. The summed E-state index contributed by atoms with van der Waals surface area (Å²) in [4.78, 5) is 5.68. The highest BCUT2D eigenvalue weighted by Crippen LogP contribution is 2.20. The van der Waals surface area contributed by atoms with Gasteiger partial charge in [0.15, 0.2) is 10.8 Å². The van der Waals surface area contributed by atoms with E-state index in [4.69, 9.17) is 0 Å². The predicted octanol–water partition coefficient (Wildman–Crippen LogP) is 2.39. The van der Waals surface area contributed by atoms with Crippen LogP contribution in [0.1, 0.15) is 25.2 Å². The molecule has 6 heteroatoms. The topological polar surface area (TPSA) is 47.1 Å². The van der Waals surface area contributed by atoms with Crippen molar-refractivity contribution < 1.29 is 0 Å². The summed E-state index contributed by atoms with van der Waals surface area (Å²) >= 11 is 1.64. The largest absolute Gasteiger partial charge is 0.309 e. The lowest BCUT2D eigenvalue weighted by Gasteiger charge is -2.09. The standard InChI is InChI=1S/C13H17N5S/c1-9(2)14-8-11-12(18-5-4-10(3)16-18)15-13-17(11)6-7-19-13/h4-7,9,14H,8H2,1-3H3. The van der Waals surface area contributed by atoms with Gasteiger partial charge in [0, 0.05) is 30.4 Å². The van der Waals surface area contributed by atoms with Gasteiger partial charge in [-0.05, 0) is 13.0 Å². The molecule has 0 fully saturated rings. The molecule has 100 valence electrons.